The van der Waals surface area contributed by atoms with Crippen molar-refractivity contribution in [3.63, 3.8) is 0 Å². The Morgan fingerprint density at radius 1 is 1.27 bits per heavy atom. The molecule has 0 saturated carbocycles. The fourth-order valence-corrected chi connectivity index (χ4v) is 3.80. The Kier molecular flexibility index (Phi) is 6.49. The number of aromatic nitrogens is 4. The number of esters is 1. The van der Waals surface area contributed by atoms with Gasteiger partial charge in [-0.3, -0.25) is 9.36 Å². The molecule has 1 aromatic carbocycles. The monoisotopic (exact) mass is 456 g/mol. The summed E-state index contributed by atoms with van der Waals surface area (Å²) in [7, 11) is 0. The van der Waals surface area contributed by atoms with E-state index in [0.29, 0.717) is 11.2 Å². The summed E-state index contributed by atoms with van der Waals surface area (Å²) < 4.78 is 12.7. The largest absolute Gasteiger partial charge is 0.455 e. The smallest absolute Gasteiger partial charge is 0.329 e. The number of carbonyl (C=O) groups is 2. The molecule has 0 spiro atoms. The highest BCUT2D eigenvalue weighted by Gasteiger charge is 2.48. The number of hydrogen-bond donors (Lipinski definition) is 4. The number of amides is 1. The minimum absolute atomic E-state index is 0.159. The summed E-state index contributed by atoms with van der Waals surface area (Å²) in [6.45, 7) is 0.780. The van der Waals surface area contributed by atoms with Crippen LogP contribution in [-0.4, -0.2) is 72.6 Å². The van der Waals surface area contributed by atoms with E-state index in [4.69, 9.17) is 15.2 Å². The van der Waals surface area contributed by atoms with E-state index in [1.807, 2.05) is 30.3 Å². The molecule has 1 amide bonds. The van der Waals surface area contributed by atoms with E-state index >= 15 is 0 Å². The van der Waals surface area contributed by atoms with Crippen LogP contribution in [0.15, 0.2) is 43.0 Å². The number of hydrogen-bond acceptors (Lipinski definition) is 10. The van der Waals surface area contributed by atoms with Gasteiger partial charge in [-0.05, 0) is 5.56 Å². The minimum Gasteiger partial charge on any atom is -0.455 e. The van der Waals surface area contributed by atoms with Crippen molar-refractivity contribution >= 4 is 28.9 Å². The molecule has 0 bridgehead atoms. The van der Waals surface area contributed by atoms with Crippen LogP contribution < -0.4 is 11.1 Å². The zero-order chi connectivity index (χ0) is 23.5. The predicted molar refractivity (Wildman–Crippen MR) is 114 cm³/mol. The summed E-state index contributed by atoms with van der Waals surface area (Å²) in [5, 5.41) is 23.3. The molecule has 3 aromatic rings. The van der Waals surface area contributed by atoms with Crippen LogP contribution in [-0.2, 0) is 25.5 Å². The number of fused-ring (bicyclic) bond motifs is 1. The number of nitrogen functional groups attached to an aromatic ring is 1. The Balaban J connectivity index is 1.54. The summed E-state index contributed by atoms with van der Waals surface area (Å²) in [5.74, 6) is -1.01. The van der Waals surface area contributed by atoms with Gasteiger partial charge in [0.25, 0.3) is 0 Å². The molecule has 3 heterocycles. The molecule has 5 N–H and O–H groups in total. The zero-order valence-corrected chi connectivity index (χ0v) is 17.7. The van der Waals surface area contributed by atoms with Crippen molar-refractivity contribution < 1.29 is 29.3 Å². The van der Waals surface area contributed by atoms with E-state index in [9.17, 15) is 19.8 Å². The van der Waals surface area contributed by atoms with Crippen LogP contribution in [0.5, 0.6) is 0 Å². The topological polar surface area (TPSA) is 175 Å². The van der Waals surface area contributed by atoms with Crippen molar-refractivity contribution in [3.8, 4) is 0 Å². The fraction of sp³-hybridized carbons (Fsp3) is 0.381. The molecule has 1 saturated heterocycles. The Morgan fingerprint density at radius 2 is 2.03 bits per heavy atom. The van der Waals surface area contributed by atoms with Gasteiger partial charge in [0.2, 0.25) is 5.91 Å². The van der Waals surface area contributed by atoms with Gasteiger partial charge >= 0.3 is 5.97 Å². The second-order valence-electron chi connectivity index (χ2n) is 7.67. The molecule has 1 aliphatic heterocycles. The molecule has 5 atom stereocenters. The molecule has 0 unspecified atom stereocenters. The Labute approximate surface area is 188 Å². The lowest BCUT2D eigenvalue weighted by Crippen LogP contribution is -2.47. The van der Waals surface area contributed by atoms with Gasteiger partial charge in [-0.2, -0.15) is 0 Å². The van der Waals surface area contributed by atoms with Gasteiger partial charge < -0.3 is 30.7 Å². The minimum atomic E-state index is -1.35. The first-order chi connectivity index (χ1) is 15.9. The average Bonchev–Trinajstić information content (AvgIpc) is 3.36. The Morgan fingerprint density at radius 3 is 2.73 bits per heavy atom. The fourth-order valence-electron chi connectivity index (χ4n) is 3.80. The molecule has 1 aliphatic rings. The van der Waals surface area contributed by atoms with Gasteiger partial charge in [-0.1, -0.05) is 30.3 Å². The maximum absolute atomic E-state index is 13.0. The van der Waals surface area contributed by atoms with Gasteiger partial charge in [0.1, 0.15) is 30.1 Å². The number of aliphatic hydroxyl groups excluding tert-OH is 2. The first kappa shape index (κ1) is 22.6. The highest BCUT2D eigenvalue weighted by molar-refractivity contribution is 5.83. The van der Waals surface area contributed by atoms with Crippen molar-refractivity contribution in [1.82, 2.24) is 24.8 Å². The highest BCUT2D eigenvalue weighted by Crippen LogP contribution is 2.33. The normalized spacial score (nSPS) is 23.4. The van der Waals surface area contributed by atoms with Crippen LogP contribution in [0, 0.1) is 0 Å². The number of ether oxygens (including phenoxy) is 2. The maximum Gasteiger partial charge on any atom is 0.329 e. The Hall–Kier alpha value is -3.61. The summed E-state index contributed by atoms with van der Waals surface area (Å²) in [5.41, 5.74) is 7.26. The van der Waals surface area contributed by atoms with E-state index in [1.54, 1.807) is 0 Å². The summed E-state index contributed by atoms with van der Waals surface area (Å²) in [6, 6.07) is 8.12. The number of nitrogens with two attached hydrogens (primary N) is 1. The molecule has 2 aromatic heterocycles. The third-order valence-electron chi connectivity index (χ3n) is 5.35. The highest BCUT2D eigenvalue weighted by atomic mass is 16.6. The molecular formula is C21H24N6O6. The number of nitrogens with zero attached hydrogens (tertiary/aromatic N) is 4. The van der Waals surface area contributed by atoms with Crippen LogP contribution in [0.25, 0.3) is 11.2 Å². The summed E-state index contributed by atoms with van der Waals surface area (Å²) >= 11 is 0. The van der Waals surface area contributed by atoms with Crippen molar-refractivity contribution in [1.29, 1.82) is 0 Å². The van der Waals surface area contributed by atoms with Gasteiger partial charge in [0, 0.05) is 13.3 Å². The van der Waals surface area contributed by atoms with E-state index < -0.39 is 49.1 Å². The van der Waals surface area contributed by atoms with E-state index in [-0.39, 0.29) is 12.2 Å². The second kappa shape index (κ2) is 9.48. The zero-order valence-electron chi connectivity index (χ0n) is 17.7. The van der Waals surface area contributed by atoms with Gasteiger partial charge in [-0.15, -0.1) is 0 Å². The lowest BCUT2D eigenvalue weighted by atomic mass is 10.1. The number of nitrogens with one attached hydrogen (secondary N) is 1. The van der Waals surface area contributed by atoms with E-state index in [2.05, 4.69) is 20.3 Å². The standard InChI is InChI=1S/C21H24N6O6/c1-11(29)26-13(7-12-5-3-2-4-6-12)21(31)33-17-14(8-28)32-20(16(17)30)27-10-25-15-18(22)23-9-24-19(15)27/h2-6,9-10,13-14,16-17,20,28,30H,7-8H2,1H3,(H,26,29)(H2,22,23,24)/t13-,14+,16+,17+,20+/m0/s1. The molecule has 12 nitrogen and oxygen atoms in total. The predicted octanol–water partition coefficient (Wildman–Crippen LogP) is -0.682. The van der Waals surface area contributed by atoms with Crippen molar-refractivity contribution in [3.05, 3.63) is 48.5 Å². The van der Waals surface area contributed by atoms with E-state index in [1.165, 1.54) is 24.1 Å². The van der Waals surface area contributed by atoms with Crippen LogP contribution in [0.2, 0.25) is 0 Å². The first-order valence-corrected chi connectivity index (χ1v) is 10.3. The molecular weight excluding hydrogens is 432 g/mol. The van der Waals surface area contributed by atoms with Crippen LogP contribution in [0.3, 0.4) is 0 Å². The van der Waals surface area contributed by atoms with Crippen LogP contribution >= 0.6 is 0 Å². The second-order valence-corrected chi connectivity index (χ2v) is 7.67. The Bertz CT molecular complexity index is 1140. The summed E-state index contributed by atoms with van der Waals surface area (Å²) in [6.07, 6.45) is -1.80. The third kappa shape index (κ3) is 4.62. The van der Waals surface area contributed by atoms with Crippen molar-refractivity contribution in [2.75, 3.05) is 12.3 Å². The maximum atomic E-state index is 13.0. The van der Waals surface area contributed by atoms with Crippen LogP contribution in [0.1, 0.15) is 18.7 Å². The van der Waals surface area contributed by atoms with Gasteiger partial charge in [0.05, 0.1) is 12.9 Å². The first-order valence-electron chi connectivity index (χ1n) is 10.3. The molecule has 12 heteroatoms. The molecule has 0 aliphatic carbocycles. The summed E-state index contributed by atoms with van der Waals surface area (Å²) in [4.78, 5) is 36.8. The molecule has 174 valence electrons. The molecule has 4 rings (SSSR count). The quantitative estimate of drug-likeness (QED) is 0.333. The number of rotatable bonds is 7. The van der Waals surface area contributed by atoms with Gasteiger partial charge in [-0.25, -0.2) is 19.7 Å². The number of anilines is 1. The molecule has 0 radical (unpaired) electrons. The molecule has 1 fully saturated rings. The number of carbonyl (C=O) groups excluding carboxylic acids is 2. The number of benzene rings is 1. The number of aliphatic hydroxyl groups is 2. The lowest BCUT2D eigenvalue weighted by molar-refractivity contribution is -0.160. The third-order valence-corrected chi connectivity index (χ3v) is 5.35. The average molecular weight is 456 g/mol. The van der Waals surface area contributed by atoms with Crippen molar-refractivity contribution in [2.24, 2.45) is 0 Å². The SMILES string of the molecule is CC(=O)N[C@@H](Cc1ccccc1)C(=O)O[C@H]1[C@@H](O)[C@H](n2cnc3c(N)ncnc32)O[C@@H]1CO. The van der Waals surface area contributed by atoms with Crippen LogP contribution in [0.4, 0.5) is 5.82 Å². The van der Waals surface area contributed by atoms with Crippen molar-refractivity contribution in [2.45, 2.75) is 43.9 Å². The number of imidazole rings is 1. The molecule has 33 heavy (non-hydrogen) atoms. The van der Waals surface area contributed by atoms with E-state index in [0.717, 1.165) is 5.56 Å². The van der Waals surface area contributed by atoms with Gasteiger partial charge in [0.15, 0.2) is 23.8 Å². The lowest BCUT2D eigenvalue weighted by Gasteiger charge is -2.23.